The number of fused-ring (bicyclic) bond motifs is 1. The number of halogens is 3. The van der Waals surface area contributed by atoms with Gasteiger partial charge in [-0.1, -0.05) is 6.58 Å². The number of carbonyl (C=O) groups is 1. The molecule has 2 rings (SSSR count). The van der Waals surface area contributed by atoms with Crippen LogP contribution in [0.1, 0.15) is 18.1 Å². The molecular formula is C12H11F3N2O2. The molecule has 1 aromatic carbocycles. The van der Waals surface area contributed by atoms with Crippen LogP contribution < -0.4 is 10.4 Å². The van der Waals surface area contributed by atoms with E-state index in [1.165, 1.54) is 20.0 Å². The lowest BCUT2D eigenvalue weighted by Crippen LogP contribution is -2.26. The number of amides is 1. The molecule has 0 radical (unpaired) electrons. The molecule has 19 heavy (non-hydrogen) atoms. The van der Waals surface area contributed by atoms with Crippen molar-refractivity contribution in [3.63, 3.8) is 0 Å². The molecule has 1 amide bonds. The van der Waals surface area contributed by atoms with Crippen LogP contribution >= 0.6 is 0 Å². The van der Waals surface area contributed by atoms with Crippen LogP contribution in [0.4, 0.5) is 24.5 Å². The Morgan fingerprint density at radius 3 is 2.58 bits per heavy atom. The molecule has 1 N–H and O–H groups in total. The van der Waals surface area contributed by atoms with Gasteiger partial charge in [0.05, 0.1) is 16.9 Å². The molecule has 4 nitrogen and oxygen atoms in total. The maximum atomic E-state index is 13.0. The quantitative estimate of drug-likeness (QED) is 0.854. The summed E-state index contributed by atoms with van der Waals surface area (Å²) in [5.74, 6) is -0.287. The van der Waals surface area contributed by atoms with Gasteiger partial charge in [0, 0.05) is 19.5 Å². The van der Waals surface area contributed by atoms with E-state index in [4.69, 9.17) is 4.84 Å². The van der Waals surface area contributed by atoms with Gasteiger partial charge in [-0.3, -0.25) is 4.79 Å². The van der Waals surface area contributed by atoms with E-state index in [1.807, 2.05) is 0 Å². The monoisotopic (exact) mass is 272 g/mol. The summed E-state index contributed by atoms with van der Waals surface area (Å²) in [4.78, 5) is 17.1. The maximum Gasteiger partial charge on any atom is 0.418 e. The second-order valence-electron chi connectivity index (χ2n) is 4.12. The van der Waals surface area contributed by atoms with Gasteiger partial charge in [-0.05, 0) is 12.1 Å². The van der Waals surface area contributed by atoms with Gasteiger partial charge >= 0.3 is 6.18 Å². The molecule has 0 aromatic heterocycles. The topological polar surface area (TPSA) is 41.6 Å². The molecule has 102 valence electrons. The van der Waals surface area contributed by atoms with E-state index in [9.17, 15) is 18.0 Å². The molecular weight excluding hydrogens is 261 g/mol. The Labute approximate surface area is 107 Å². The van der Waals surface area contributed by atoms with Crippen molar-refractivity contribution in [2.75, 3.05) is 17.4 Å². The molecule has 1 aromatic rings. The van der Waals surface area contributed by atoms with Crippen LogP contribution in [0, 0.1) is 0 Å². The highest BCUT2D eigenvalue weighted by Crippen LogP contribution is 2.43. The van der Waals surface area contributed by atoms with E-state index in [1.54, 1.807) is 0 Å². The first-order valence-corrected chi connectivity index (χ1v) is 5.33. The molecule has 0 bridgehead atoms. The fourth-order valence-corrected chi connectivity index (χ4v) is 1.75. The molecule has 1 aliphatic rings. The van der Waals surface area contributed by atoms with Crippen LogP contribution in [-0.4, -0.2) is 13.0 Å². The number of alkyl halides is 3. The molecule has 1 heterocycles. The van der Waals surface area contributed by atoms with Crippen LogP contribution in [-0.2, 0) is 15.8 Å². The van der Waals surface area contributed by atoms with Gasteiger partial charge in [0.1, 0.15) is 0 Å². The Kier molecular flexibility index (Phi) is 2.92. The van der Waals surface area contributed by atoms with Gasteiger partial charge in [-0.15, -0.1) is 0 Å². The minimum absolute atomic E-state index is 0.179. The van der Waals surface area contributed by atoms with Crippen LogP contribution in [0.5, 0.6) is 0 Å². The zero-order chi connectivity index (χ0) is 14.4. The summed E-state index contributed by atoms with van der Waals surface area (Å²) in [5, 5.41) is 0. The normalized spacial score (nSPS) is 13.6. The third-order valence-electron chi connectivity index (χ3n) is 2.86. The lowest BCUT2D eigenvalue weighted by Gasteiger charge is -2.21. The molecule has 0 spiro atoms. The highest BCUT2D eigenvalue weighted by molar-refractivity contribution is 5.94. The molecule has 0 saturated heterocycles. The Morgan fingerprint density at radius 2 is 2.05 bits per heavy atom. The number of nitrogens with one attached hydrogen (secondary N) is 1. The first-order chi connectivity index (χ1) is 8.71. The van der Waals surface area contributed by atoms with Crippen molar-refractivity contribution in [1.29, 1.82) is 0 Å². The summed E-state index contributed by atoms with van der Waals surface area (Å²) in [6.07, 6.45) is -4.57. The zero-order valence-corrected chi connectivity index (χ0v) is 10.3. The summed E-state index contributed by atoms with van der Waals surface area (Å²) in [6.45, 7) is 4.75. The van der Waals surface area contributed by atoms with Crippen molar-refractivity contribution in [3.8, 4) is 0 Å². The number of nitrogens with zero attached hydrogens (tertiary/aromatic N) is 1. The second-order valence-corrected chi connectivity index (χ2v) is 4.12. The van der Waals surface area contributed by atoms with Gasteiger partial charge < -0.3 is 9.74 Å². The van der Waals surface area contributed by atoms with Gasteiger partial charge in [-0.25, -0.2) is 5.48 Å². The summed E-state index contributed by atoms with van der Waals surface area (Å²) in [6, 6.07) is 2.14. The fourth-order valence-electron chi connectivity index (χ4n) is 1.75. The summed E-state index contributed by atoms with van der Waals surface area (Å²) < 4.78 is 39.0. The van der Waals surface area contributed by atoms with E-state index in [0.717, 1.165) is 11.0 Å². The van der Waals surface area contributed by atoms with Gasteiger partial charge in [-0.2, -0.15) is 13.2 Å². The highest BCUT2D eigenvalue weighted by Gasteiger charge is 2.37. The number of rotatable bonds is 1. The predicted molar refractivity (Wildman–Crippen MR) is 64.3 cm³/mol. The van der Waals surface area contributed by atoms with Crippen molar-refractivity contribution in [3.05, 3.63) is 29.8 Å². The van der Waals surface area contributed by atoms with Crippen molar-refractivity contribution in [1.82, 2.24) is 0 Å². The minimum atomic E-state index is -4.57. The Morgan fingerprint density at radius 1 is 1.42 bits per heavy atom. The largest absolute Gasteiger partial charge is 0.418 e. The first-order valence-electron chi connectivity index (χ1n) is 5.33. The van der Waals surface area contributed by atoms with E-state index < -0.39 is 17.6 Å². The smallest absolute Gasteiger partial charge is 0.382 e. The van der Waals surface area contributed by atoms with E-state index in [2.05, 4.69) is 12.1 Å². The minimum Gasteiger partial charge on any atom is -0.382 e. The summed E-state index contributed by atoms with van der Waals surface area (Å²) >= 11 is 0. The molecule has 7 heteroatoms. The average Bonchev–Trinajstić information content (AvgIpc) is 2.67. The standard InChI is InChI=1S/C12H11F3N2O2/c1-6-8-4-11(17(3)7(2)18)9(12(13,14)15)5-10(8)16-19-6/h4-5,16H,1H2,2-3H3. The Bertz CT molecular complexity index is 567. The lowest BCUT2D eigenvalue weighted by molar-refractivity contribution is -0.137. The van der Waals surface area contributed by atoms with Crippen molar-refractivity contribution in [2.24, 2.45) is 0 Å². The van der Waals surface area contributed by atoms with Crippen molar-refractivity contribution in [2.45, 2.75) is 13.1 Å². The lowest BCUT2D eigenvalue weighted by atomic mass is 10.0. The molecule has 0 atom stereocenters. The Hall–Kier alpha value is -2.18. The molecule has 0 saturated carbocycles. The molecule has 0 unspecified atom stereocenters. The zero-order valence-electron chi connectivity index (χ0n) is 10.3. The molecule has 0 aliphatic carbocycles. The highest BCUT2D eigenvalue weighted by atomic mass is 19.4. The Balaban J connectivity index is 2.66. The van der Waals surface area contributed by atoms with Gasteiger partial charge in [0.15, 0.2) is 5.76 Å². The van der Waals surface area contributed by atoms with Crippen LogP contribution in [0.2, 0.25) is 0 Å². The number of hydrogen-bond acceptors (Lipinski definition) is 3. The molecule has 1 aliphatic heterocycles. The predicted octanol–water partition coefficient (Wildman–Crippen LogP) is 3.02. The number of hydrogen-bond donors (Lipinski definition) is 1. The van der Waals surface area contributed by atoms with Gasteiger partial charge in [0.25, 0.3) is 0 Å². The number of carbonyl (C=O) groups excluding carboxylic acids is 1. The molecule has 0 fully saturated rings. The van der Waals surface area contributed by atoms with Crippen LogP contribution in [0.3, 0.4) is 0 Å². The van der Waals surface area contributed by atoms with Gasteiger partial charge in [0.2, 0.25) is 5.91 Å². The van der Waals surface area contributed by atoms with Crippen molar-refractivity contribution >= 4 is 23.0 Å². The fraction of sp³-hybridized carbons (Fsp3) is 0.250. The van der Waals surface area contributed by atoms with Crippen LogP contribution in [0.15, 0.2) is 18.7 Å². The van der Waals surface area contributed by atoms with E-state index in [0.29, 0.717) is 5.56 Å². The van der Waals surface area contributed by atoms with Crippen molar-refractivity contribution < 1.29 is 22.8 Å². The third-order valence-corrected chi connectivity index (χ3v) is 2.86. The number of anilines is 2. The van der Waals surface area contributed by atoms with E-state index >= 15 is 0 Å². The summed E-state index contributed by atoms with van der Waals surface area (Å²) in [7, 11) is 1.28. The van der Waals surface area contributed by atoms with E-state index in [-0.39, 0.29) is 17.1 Å². The maximum absolute atomic E-state index is 13.0. The first kappa shape index (κ1) is 13.3. The van der Waals surface area contributed by atoms with Crippen LogP contribution in [0.25, 0.3) is 5.76 Å². The summed E-state index contributed by atoms with van der Waals surface area (Å²) in [5.41, 5.74) is 1.80. The second kappa shape index (κ2) is 4.18. The third kappa shape index (κ3) is 2.23. The average molecular weight is 272 g/mol. The number of benzene rings is 1. The SMILES string of the molecule is C=C1ONc2cc(C(F)(F)F)c(N(C)C(C)=O)cc21.